The molecule has 0 saturated carbocycles. The summed E-state index contributed by atoms with van der Waals surface area (Å²) in [7, 11) is 0. The molecule has 0 fully saturated rings. The van der Waals surface area contributed by atoms with E-state index in [1.54, 1.807) is 18.6 Å². The standard InChI is InChI=1S/C10H10N4/c1-7-2-3-8(6-14-7)9-10(11)13-5-4-12-9/h2-6H,1H3,(H2,11,13). The fourth-order valence-corrected chi connectivity index (χ4v) is 1.18. The molecular formula is C10H10N4. The number of rotatable bonds is 1. The van der Waals surface area contributed by atoms with E-state index in [2.05, 4.69) is 15.0 Å². The number of hydrogen-bond acceptors (Lipinski definition) is 4. The average molecular weight is 186 g/mol. The van der Waals surface area contributed by atoms with Crippen LogP contribution >= 0.6 is 0 Å². The molecule has 14 heavy (non-hydrogen) atoms. The van der Waals surface area contributed by atoms with Gasteiger partial charge in [0.1, 0.15) is 11.5 Å². The Hall–Kier alpha value is -1.97. The number of aromatic nitrogens is 3. The Labute approximate surface area is 81.9 Å². The second-order valence-corrected chi connectivity index (χ2v) is 2.98. The number of nitrogens with zero attached hydrogens (tertiary/aromatic N) is 3. The van der Waals surface area contributed by atoms with Crippen LogP contribution in [0.4, 0.5) is 5.82 Å². The normalized spacial score (nSPS) is 10.1. The van der Waals surface area contributed by atoms with Crippen molar-refractivity contribution in [1.82, 2.24) is 15.0 Å². The van der Waals surface area contributed by atoms with Gasteiger partial charge in [0.2, 0.25) is 0 Å². The van der Waals surface area contributed by atoms with Crippen molar-refractivity contribution < 1.29 is 0 Å². The van der Waals surface area contributed by atoms with Gasteiger partial charge in [-0.1, -0.05) is 0 Å². The summed E-state index contributed by atoms with van der Waals surface area (Å²) < 4.78 is 0. The van der Waals surface area contributed by atoms with Crippen LogP contribution in [0, 0.1) is 6.92 Å². The quantitative estimate of drug-likeness (QED) is 0.731. The Morgan fingerprint density at radius 3 is 2.50 bits per heavy atom. The van der Waals surface area contributed by atoms with Crippen LogP contribution in [0.25, 0.3) is 11.3 Å². The summed E-state index contributed by atoms with van der Waals surface area (Å²) in [5, 5.41) is 0. The summed E-state index contributed by atoms with van der Waals surface area (Å²) >= 11 is 0. The van der Waals surface area contributed by atoms with E-state index in [9.17, 15) is 0 Å². The number of aryl methyl sites for hydroxylation is 1. The first-order valence-electron chi connectivity index (χ1n) is 4.27. The molecule has 0 aliphatic heterocycles. The zero-order valence-corrected chi connectivity index (χ0v) is 7.81. The van der Waals surface area contributed by atoms with E-state index in [1.807, 2.05) is 19.1 Å². The zero-order valence-electron chi connectivity index (χ0n) is 7.81. The van der Waals surface area contributed by atoms with Gasteiger partial charge in [-0.2, -0.15) is 0 Å². The van der Waals surface area contributed by atoms with Crippen LogP contribution in [0.3, 0.4) is 0 Å². The molecule has 0 radical (unpaired) electrons. The van der Waals surface area contributed by atoms with E-state index >= 15 is 0 Å². The molecule has 0 amide bonds. The zero-order chi connectivity index (χ0) is 9.97. The fraction of sp³-hybridized carbons (Fsp3) is 0.100. The molecule has 0 atom stereocenters. The molecule has 2 N–H and O–H groups in total. The fourth-order valence-electron chi connectivity index (χ4n) is 1.18. The van der Waals surface area contributed by atoms with Gasteiger partial charge in [0, 0.05) is 29.8 Å². The summed E-state index contributed by atoms with van der Waals surface area (Å²) in [4.78, 5) is 12.3. The lowest BCUT2D eigenvalue weighted by Gasteiger charge is -2.02. The molecule has 4 nitrogen and oxygen atoms in total. The highest BCUT2D eigenvalue weighted by molar-refractivity contribution is 5.68. The van der Waals surface area contributed by atoms with Gasteiger partial charge in [0.15, 0.2) is 0 Å². The van der Waals surface area contributed by atoms with Crippen molar-refractivity contribution in [2.45, 2.75) is 6.92 Å². The first-order chi connectivity index (χ1) is 6.77. The highest BCUT2D eigenvalue weighted by atomic mass is 14.9. The van der Waals surface area contributed by atoms with Gasteiger partial charge in [-0.3, -0.25) is 9.97 Å². The summed E-state index contributed by atoms with van der Waals surface area (Å²) in [6.07, 6.45) is 4.93. The van der Waals surface area contributed by atoms with Gasteiger partial charge < -0.3 is 5.73 Å². The van der Waals surface area contributed by atoms with Gasteiger partial charge in [-0.25, -0.2) is 4.98 Å². The van der Waals surface area contributed by atoms with Crippen molar-refractivity contribution >= 4 is 5.82 Å². The lowest BCUT2D eigenvalue weighted by Crippen LogP contribution is -1.96. The predicted octanol–water partition coefficient (Wildman–Crippen LogP) is 1.43. The van der Waals surface area contributed by atoms with Crippen molar-refractivity contribution in [2.24, 2.45) is 0 Å². The van der Waals surface area contributed by atoms with Crippen LogP contribution in [-0.2, 0) is 0 Å². The van der Waals surface area contributed by atoms with Gasteiger partial charge in [-0.15, -0.1) is 0 Å². The van der Waals surface area contributed by atoms with Crippen LogP contribution in [-0.4, -0.2) is 15.0 Å². The van der Waals surface area contributed by atoms with Crippen molar-refractivity contribution in [3.8, 4) is 11.3 Å². The molecule has 0 spiro atoms. The minimum atomic E-state index is 0.429. The lowest BCUT2D eigenvalue weighted by molar-refractivity contribution is 1.17. The Balaban J connectivity index is 2.50. The summed E-state index contributed by atoms with van der Waals surface area (Å²) in [6.45, 7) is 1.93. The molecule has 0 unspecified atom stereocenters. The van der Waals surface area contributed by atoms with Crippen LogP contribution < -0.4 is 5.73 Å². The highest BCUT2D eigenvalue weighted by Crippen LogP contribution is 2.19. The first-order valence-corrected chi connectivity index (χ1v) is 4.27. The largest absolute Gasteiger partial charge is 0.382 e. The highest BCUT2D eigenvalue weighted by Gasteiger charge is 2.03. The smallest absolute Gasteiger partial charge is 0.150 e. The number of nitrogens with two attached hydrogens (primary N) is 1. The molecule has 0 aliphatic rings. The molecule has 0 bridgehead atoms. The number of nitrogen functional groups attached to an aromatic ring is 1. The van der Waals surface area contributed by atoms with Crippen molar-refractivity contribution in [1.29, 1.82) is 0 Å². The Bertz CT molecular complexity index is 436. The molecule has 2 rings (SSSR count). The van der Waals surface area contributed by atoms with Crippen molar-refractivity contribution in [3.05, 3.63) is 36.4 Å². The van der Waals surface area contributed by atoms with E-state index in [0.717, 1.165) is 11.3 Å². The van der Waals surface area contributed by atoms with E-state index in [0.29, 0.717) is 11.5 Å². The molecule has 2 aromatic heterocycles. The third-order valence-corrected chi connectivity index (χ3v) is 1.91. The van der Waals surface area contributed by atoms with E-state index < -0.39 is 0 Å². The monoisotopic (exact) mass is 186 g/mol. The number of hydrogen-bond donors (Lipinski definition) is 1. The molecule has 0 aromatic carbocycles. The van der Waals surface area contributed by atoms with Gasteiger partial charge in [0.05, 0.1) is 0 Å². The van der Waals surface area contributed by atoms with Crippen molar-refractivity contribution in [3.63, 3.8) is 0 Å². The molecule has 70 valence electrons. The maximum absolute atomic E-state index is 5.69. The Kier molecular flexibility index (Phi) is 2.10. The Morgan fingerprint density at radius 1 is 1.07 bits per heavy atom. The van der Waals surface area contributed by atoms with Crippen LogP contribution in [0.5, 0.6) is 0 Å². The minimum absolute atomic E-state index is 0.429. The summed E-state index contributed by atoms with van der Waals surface area (Å²) in [6, 6.07) is 3.85. The molecule has 2 aromatic rings. The Morgan fingerprint density at radius 2 is 1.86 bits per heavy atom. The van der Waals surface area contributed by atoms with Crippen LogP contribution in [0.2, 0.25) is 0 Å². The lowest BCUT2D eigenvalue weighted by atomic mass is 10.2. The van der Waals surface area contributed by atoms with Crippen LogP contribution in [0.1, 0.15) is 5.69 Å². The van der Waals surface area contributed by atoms with E-state index in [1.165, 1.54) is 0 Å². The number of anilines is 1. The predicted molar refractivity (Wildman–Crippen MR) is 54.4 cm³/mol. The van der Waals surface area contributed by atoms with Gasteiger partial charge in [0.25, 0.3) is 0 Å². The van der Waals surface area contributed by atoms with Crippen molar-refractivity contribution in [2.75, 3.05) is 5.73 Å². The summed E-state index contributed by atoms with van der Waals surface area (Å²) in [5.74, 6) is 0.429. The van der Waals surface area contributed by atoms with Crippen LogP contribution in [0.15, 0.2) is 30.7 Å². The third-order valence-electron chi connectivity index (χ3n) is 1.91. The summed E-state index contributed by atoms with van der Waals surface area (Å²) in [5.41, 5.74) is 8.23. The molecule has 2 heterocycles. The average Bonchev–Trinajstić information content (AvgIpc) is 2.20. The SMILES string of the molecule is Cc1ccc(-c2nccnc2N)cn1. The first kappa shape index (κ1) is 8.62. The molecular weight excluding hydrogens is 176 g/mol. The van der Waals surface area contributed by atoms with E-state index in [-0.39, 0.29) is 0 Å². The number of pyridine rings is 1. The minimum Gasteiger partial charge on any atom is -0.382 e. The molecule has 0 aliphatic carbocycles. The second-order valence-electron chi connectivity index (χ2n) is 2.98. The van der Waals surface area contributed by atoms with Gasteiger partial charge in [-0.05, 0) is 19.1 Å². The maximum atomic E-state index is 5.69. The third kappa shape index (κ3) is 1.54. The topological polar surface area (TPSA) is 64.7 Å². The second kappa shape index (κ2) is 3.41. The maximum Gasteiger partial charge on any atom is 0.150 e. The van der Waals surface area contributed by atoms with Gasteiger partial charge >= 0.3 is 0 Å². The van der Waals surface area contributed by atoms with E-state index in [4.69, 9.17) is 5.73 Å². The molecule has 0 saturated heterocycles. The molecule has 4 heteroatoms.